The summed E-state index contributed by atoms with van der Waals surface area (Å²) >= 11 is 0. The molecule has 1 aliphatic rings. The number of nitrogens with zero attached hydrogens (tertiary/aromatic N) is 3. The highest BCUT2D eigenvalue weighted by atomic mass is 19.1. The molecule has 0 radical (unpaired) electrons. The van der Waals surface area contributed by atoms with E-state index in [1.54, 1.807) is 13.0 Å². The van der Waals surface area contributed by atoms with E-state index in [0.717, 1.165) is 57.3 Å². The first kappa shape index (κ1) is 19.2. The maximum absolute atomic E-state index is 13.2. The molecule has 25 heavy (non-hydrogen) atoms. The molecule has 2 N–H and O–H groups in total. The van der Waals surface area contributed by atoms with Crippen LogP contribution >= 0.6 is 0 Å². The zero-order valence-corrected chi connectivity index (χ0v) is 15.1. The summed E-state index contributed by atoms with van der Waals surface area (Å²) in [4.78, 5) is 20.1. The third-order valence-electron chi connectivity index (χ3n) is 4.19. The number of aliphatic imine (C=N–C) groups is 1. The van der Waals surface area contributed by atoms with Gasteiger partial charge >= 0.3 is 0 Å². The van der Waals surface area contributed by atoms with Gasteiger partial charge < -0.3 is 15.5 Å². The van der Waals surface area contributed by atoms with Gasteiger partial charge in [0.15, 0.2) is 5.96 Å². The molecule has 0 saturated carbocycles. The summed E-state index contributed by atoms with van der Waals surface area (Å²) in [5.74, 6) is 0.640. The molecule has 0 bridgehead atoms. The van der Waals surface area contributed by atoms with Gasteiger partial charge in [-0.3, -0.25) is 9.69 Å². The van der Waals surface area contributed by atoms with Crippen molar-refractivity contribution >= 4 is 11.9 Å². The number of benzene rings is 1. The van der Waals surface area contributed by atoms with Gasteiger partial charge in [0.05, 0.1) is 6.54 Å². The molecule has 1 fully saturated rings. The number of amides is 1. The number of hydrogen-bond acceptors (Lipinski definition) is 3. The average molecular weight is 349 g/mol. The van der Waals surface area contributed by atoms with Crippen molar-refractivity contribution in [3.8, 4) is 0 Å². The zero-order chi connectivity index (χ0) is 18.1. The van der Waals surface area contributed by atoms with Crippen LogP contribution in [0.5, 0.6) is 0 Å². The molecule has 1 aromatic carbocycles. The van der Waals surface area contributed by atoms with E-state index in [2.05, 4.69) is 20.5 Å². The van der Waals surface area contributed by atoms with Crippen LogP contribution in [0, 0.1) is 5.82 Å². The fourth-order valence-electron chi connectivity index (χ4n) is 2.77. The first-order chi connectivity index (χ1) is 12.1. The Balaban J connectivity index is 1.76. The second-order valence-electron chi connectivity index (χ2n) is 6.10. The Bertz CT molecular complexity index is 585. The van der Waals surface area contributed by atoms with Crippen LogP contribution in [0.2, 0.25) is 0 Å². The van der Waals surface area contributed by atoms with Gasteiger partial charge in [-0.25, -0.2) is 9.38 Å². The number of carbonyl (C=O) groups excluding carboxylic acids is 1. The lowest BCUT2D eigenvalue weighted by Crippen LogP contribution is -2.50. The molecule has 138 valence electrons. The van der Waals surface area contributed by atoms with Crippen molar-refractivity contribution in [3.63, 3.8) is 0 Å². The summed E-state index contributed by atoms with van der Waals surface area (Å²) in [5.41, 5.74) is 0.845. The van der Waals surface area contributed by atoms with Crippen LogP contribution in [0.4, 0.5) is 4.39 Å². The first-order valence-electron chi connectivity index (χ1n) is 8.83. The molecule has 7 heteroatoms. The van der Waals surface area contributed by atoms with Crippen molar-refractivity contribution < 1.29 is 9.18 Å². The number of carbonyl (C=O) groups is 1. The molecule has 0 aromatic heterocycles. The summed E-state index contributed by atoms with van der Waals surface area (Å²) in [6, 6.07) is 6.50. The number of guanidine groups is 1. The minimum absolute atomic E-state index is 0.150. The summed E-state index contributed by atoms with van der Waals surface area (Å²) < 4.78 is 13.2. The third kappa shape index (κ3) is 6.70. The Kier molecular flexibility index (Phi) is 7.66. The van der Waals surface area contributed by atoms with Gasteiger partial charge in [0.2, 0.25) is 5.91 Å². The Morgan fingerprint density at radius 1 is 1.24 bits per heavy atom. The molecule has 1 saturated heterocycles. The van der Waals surface area contributed by atoms with Gasteiger partial charge in [0, 0.05) is 52.7 Å². The standard InChI is InChI=1S/C18H28FN5O/c1-3-20-18(22-14-16-5-4-6-17(19)13-16)21-7-8-23-9-11-24(12-10-23)15(2)25/h4-6,13H,3,7-12,14H2,1-2H3,(H2,20,21,22). The maximum Gasteiger partial charge on any atom is 0.219 e. The summed E-state index contributed by atoms with van der Waals surface area (Å²) in [6.07, 6.45) is 0. The van der Waals surface area contributed by atoms with Gasteiger partial charge in [-0.1, -0.05) is 12.1 Å². The minimum Gasteiger partial charge on any atom is -0.357 e. The van der Waals surface area contributed by atoms with Crippen LogP contribution in [0.15, 0.2) is 29.3 Å². The second kappa shape index (κ2) is 9.98. The van der Waals surface area contributed by atoms with Crippen molar-refractivity contribution in [1.29, 1.82) is 0 Å². The number of hydrogen-bond donors (Lipinski definition) is 2. The largest absolute Gasteiger partial charge is 0.357 e. The predicted octanol–water partition coefficient (Wildman–Crippen LogP) is 1.04. The normalized spacial score (nSPS) is 16.0. The van der Waals surface area contributed by atoms with E-state index in [9.17, 15) is 9.18 Å². The van der Waals surface area contributed by atoms with Crippen molar-refractivity contribution in [2.45, 2.75) is 20.4 Å². The molecule has 1 heterocycles. The lowest BCUT2D eigenvalue weighted by atomic mass is 10.2. The number of halogens is 1. The Morgan fingerprint density at radius 3 is 2.64 bits per heavy atom. The average Bonchev–Trinajstić information content (AvgIpc) is 2.60. The monoisotopic (exact) mass is 349 g/mol. The SMILES string of the molecule is CCNC(=NCc1cccc(F)c1)NCCN1CCN(C(C)=O)CC1. The van der Waals surface area contributed by atoms with Gasteiger partial charge in [0.1, 0.15) is 5.82 Å². The van der Waals surface area contributed by atoms with Gasteiger partial charge in [-0.15, -0.1) is 0 Å². The smallest absolute Gasteiger partial charge is 0.219 e. The molecule has 0 atom stereocenters. The Hall–Kier alpha value is -2.15. The quantitative estimate of drug-likeness (QED) is 0.595. The second-order valence-corrected chi connectivity index (χ2v) is 6.10. The summed E-state index contributed by atoms with van der Waals surface area (Å²) in [7, 11) is 0. The molecule has 0 aliphatic carbocycles. The highest BCUT2D eigenvalue weighted by Gasteiger charge is 2.17. The molecule has 0 spiro atoms. The van der Waals surface area contributed by atoms with Crippen LogP contribution in [-0.2, 0) is 11.3 Å². The van der Waals surface area contributed by atoms with E-state index in [1.165, 1.54) is 12.1 Å². The number of nitrogens with one attached hydrogen (secondary N) is 2. The van der Waals surface area contributed by atoms with Crippen LogP contribution in [0.25, 0.3) is 0 Å². The van der Waals surface area contributed by atoms with E-state index in [1.807, 2.05) is 17.9 Å². The van der Waals surface area contributed by atoms with Gasteiger partial charge in [-0.05, 0) is 24.6 Å². The fourth-order valence-corrected chi connectivity index (χ4v) is 2.77. The maximum atomic E-state index is 13.2. The summed E-state index contributed by atoms with van der Waals surface area (Å²) in [6.45, 7) is 9.90. The molecule has 0 unspecified atom stereocenters. The number of rotatable bonds is 6. The van der Waals surface area contributed by atoms with E-state index < -0.39 is 0 Å². The lowest BCUT2D eigenvalue weighted by Gasteiger charge is -2.34. The minimum atomic E-state index is -0.240. The highest BCUT2D eigenvalue weighted by molar-refractivity contribution is 5.79. The number of piperazine rings is 1. The Labute approximate surface area is 149 Å². The molecule has 1 amide bonds. The Morgan fingerprint density at radius 2 is 2.00 bits per heavy atom. The van der Waals surface area contributed by atoms with E-state index >= 15 is 0 Å². The van der Waals surface area contributed by atoms with E-state index in [0.29, 0.717) is 6.54 Å². The topological polar surface area (TPSA) is 60.0 Å². The van der Waals surface area contributed by atoms with Crippen molar-refractivity contribution in [2.75, 3.05) is 45.8 Å². The van der Waals surface area contributed by atoms with E-state index in [4.69, 9.17) is 0 Å². The fraction of sp³-hybridized carbons (Fsp3) is 0.556. The molecule has 1 aliphatic heterocycles. The molecule has 1 aromatic rings. The van der Waals surface area contributed by atoms with Gasteiger partial charge in [-0.2, -0.15) is 0 Å². The van der Waals surface area contributed by atoms with E-state index in [-0.39, 0.29) is 11.7 Å². The highest BCUT2D eigenvalue weighted by Crippen LogP contribution is 2.04. The van der Waals surface area contributed by atoms with Crippen LogP contribution in [0.1, 0.15) is 19.4 Å². The molecule has 2 rings (SSSR count). The molecular formula is C18H28FN5O. The van der Waals surface area contributed by atoms with Crippen LogP contribution in [-0.4, -0.2) is 67.5 Å². The predicted molar refractivity (Wildman–Crippen MR) is 97.9 cm³/mol. The van der Waals surface area contributed by atoms with Crippen LogP contribution in [0.3, 0.4) is 0 Å². The van der Waals surface area contributed by atoms with Crippen molar-refractivity contribution in [2.24, 2.45) is 4.99 Å². The third-order valence-corrected chi connectivity index (χ3v) is 4.19. The van der Waals surface area contributed by atoms with Crippen molar-refractivity contribution in [3.05, 3.63) is 35.6 Å². The zero-order valence-electron chi connectivity index (χ0n) is 15.1. The van der Waals surface area contributed by atoms with Crippen molar-refractivity contribution in [1.82, 2.24) is 20.4 Å². The molecule has 6 nitrogen and oxygen atoms in total. The van der Waals surface area contributed by atoms with Gasteiger partial charge in [0.25, 0.3) is 0 Å². The molecular weight excluding hydrogens is 321 g/mol. The lowest BCUT2D eigenvalue weighted by molar-refractivity contribution is -0.130. The van der Waals surface area contributed by atoms with Crippen LogP contribution < -0.4 is 10.6 Å². The summed E-state index contributed by atoms with van der Waals surface area (Å²) in [5, 5.41) is 6.51. The first-order valence-corrected chi connectivity index (χ1v) is 8.83.